The SMILES string of the molecule is C[C@@H](O)[C@H](N)c1ccc(OC2CCCC2)cc1. The molecular formula is C14H21NO2. The van der Waals surface area contributed by atoms with E-state index in [1.54, 1.807) is 6.92 Å². The van der Waals surface area contributed by atoms with E-state index in [9.17, 15) is 5.11 Å². The Hall–Kier alpha value is -1.06. The van der Waals surface area contributed by atoms with E-state index in [-0.39, 0.29) is 6.04 Å². The fraction of sp³-hybridized carbons (Fsp3) is 0.571. The maximum absolute atomic E-state index is 9.42. The Kier molecular flexibility index (Phi) is 4.02. The largest absolute Gasteiger partial charge is 0.490 e. The van der Waals surface area contributed by atoms with E-state index in [1.807, 2.05) is 24.3 Å². The Morgan fingerprint density at radius 1 is 1.24 bits per heavy atom. The first-order valence-electron chi connectivity index (χ1n) is 6.37. The zero-order valence-electron chi connectivity index (χ0n) is 10.3. The van der Waals surface area contributed by atoms with Crippen molar-refractivity contribution in [1.29, 1.82) is 0 Å². The minimum Gasteiger partial charge on any atom is -0.490 e. The fourth-order valence-corrected chi connectivity index (χ4v) is 2.25. The van der Waals surface area contributed by atoms with Crippen LogP contribution < -0.4 is 10.5 Å². The van der Waals surface area contributed by atoms with Gasteiger partial charge >= 0.3 is 0 Å². The Balaban J connectivity index is 1.97. The molecule has 1 aromatic rings. The normalized spacial score (nSPS) is 20.2. The molecule has 0 bridgehead atoms. The molecule has 0 spiro atoms. The van der Waals surface area contributed by atoms with Crippen LogP contribution in [0.2, 0.25) is 0 Å². The summed E-state index contributed by atoms with van der Waals surface area (Å²) >= 11 is 0. The van der Waals surface area contributed by atoms with Crippen molar-refractivity contribution in [2.75, 3.05) is 0 Å². The Labute approximate surface area is 103 Å². The number of nitrogens with two attached hydrogens (primary N) is 1. The van der Waals surface area contributed by atoms with Gasteiger partial charge in [0.15, 0.2) is 0 Å². The van der Waals surface area contributed by atoms with E-state index in [1.165, 1.54) is 12.8 Å². The van der Waals surface area contributed by atoms with Gasteiger partial charge in [-0.3, -0.25) is 0 Å². The molecule has 3 N–H and O–H groups in total. The van der Waals surface area contributed by atoms with Crippen molar-refractivity contribution in [3.05, 3.63) is 29.8 Å². The predicted octanol–water partition coefficient (Wildman–Crippen LogP) is 2.39. The summed E-state index contributed by atoms with van der Waals surface area (Å²) in [5.41, 5.74) is 6.80. The fourth-order valence-electron chi connectivity index (χ4n) is 2.25. The highest BCUT2D eigenvalue weighted by Gasteiger charge is 2.17. The van der Waals surface area contributed by atoms with Crippen LogP contribution in [-0.2, 0) is 0 Å². The minimum absolute atomic E-state index is 0.324. The number of aliphatic hydroxyl groups excluding tert-OH is 1. The molecule has 17 heavy (non-hydrogen) atoms. The van der Waals surface area contributed by atoms with Gasteiger partial charge in [0.25, 0.3) is 0 Å². The Morgan fingerprint density at radius 2 is 1.82 bits per heavy atom. The molecule has 1 saturated carbocycles. The van der Waals surface area contributed by atoms with Crippen LogP contribution in [0.5, 0.6) is 5.75 Å². The van der Waals surface area contributed by atoms with Crippen LogP contribution in [0.25, 0.3) is 0 Å². The van der Waals surface area contributed by atoms with Gasteiger partial charge in [-0.25, -0.2) is 0 Å². The molecule has 0 radical (unpaired) electrons. The van der Waals surface area contributed by atoms with E-state index in [0.29, 0.717) is 6.10 Å². The van der Waals surface area contributed by atoms with Crippen molar-refractivity contribution in [3.8, 4) is 5.75 Å². The minimum atomic E-state index is -0.531. The lowest BCUT2D eigenvalue weighted by Gasteiger charge is -2.17. The lowest BCUT2D eigenvalue weighted by molar-refractivity contribution is 0.164. The van der Waals surface area contributed by atoms with Gasteiger partial charge in [0.2, 0.25) is 0 Å². The van der Waals surface area contributed by atoms with Gasteiger partial charge in [-0.05, 0) is 50.3 Å². The van der Waals surface area contributed by atoms with Crippen molar-refractivity contribution < 1.29 is 9.84 Å². The first-order chi connectivity index (χ1) is 8.16. The first-order valence-corrected chi connectivity index (χ1v) is 6.37. The van der Waals surface area contributed by atoms with Gasteiger partial charge < -0.3 is 15.6 Å². The third-order valence-corrected chi connectivity index (χ3v) is 3.39. The molecule has 1 aliphatic rings. The van der Waals surface area contributed by atoms with E-state index in [0.717, 1.165) is 24.2 Å². The predicted molar refractivity (Wildman–Crippen MR) is 67.9 cm³/mol. The van der Waals surface area contributed by atoms with Crippen molar-refractivity contribution in [3.63, 3.8) is 0 Å². The van der Waals surface area contributed by atoms with Gasteiger partial charge in [0.1, 0.15) is 5.75 Å². The van der Waals surface area contributed by atoms with Gasteiger partial charge in [-0.2, -0.15) is 0 Å². The van der Waals surface area contributed by atoms with E-state index >= 15 is 0 Å². The summed E-state index contributed by atoms with van der Waals surface area (Å²) in [4.78, 5) is 0. The second-order valence-electron chi connectivity index (χ2n) is 4.86. The molecular weight excluding hydrogens is 214 g/mol. The molecule has 1 aromatic carbocycles. The molecule has 0 aromatic heterocycles. The van der Waals surface area contributed by atoms with Crippen molar-refractivity contribution in [1.82, 2.24) is 0 Å². The summed E-state index contributed by atoms with van der Waals surface area (Å²) in [5.74, 6) is 0.901. The van der Waals surface area contributed by atoms with Gasteiger partial charge in [0, 0.05) is 0 Å². The van der Waals surface area contributed by atoms with E-state index in [2.05, 4.69) is 0 Å². The topological polar surface area (TPSA) is 55.5 Å². The summed E-state index contributed by atoms with van der Waals surface area (Å²) in [5, 5.41) is 9.42. The molecule has 2 rings (SSSR count). The molecule has 0 aliphatic heterocycles. The third-order valence-electron chi connectivity index (χ3n) is 3.39. The van der Waals surface area contributed by atoms with Gasteiger partial charge in [-0.15, -0.1) is 0 Å². The first kappa shape index (κ1) is 12.4. The Bertz CT molecular complexity index is 342. The van der Waals surface area contributed by atoms with Gasteiger partial charge in [0.05, 0.1) is 18.2 Å². The molecule has 0 amide bonds. The standard InChI is InChI=1S/C14H21NO2/c1-10(16)14(15)11-6-8-13(9-7-11)17-12-4-2-3-5-12/h6-10,12,14,16H,2-5,15H2,1H3/t10-,14+/m1/s1. The molecule has 1 aliphatic carbocycles. The van der Waals surface area contributed by atoms with Crippen LogP contribution in [0.3, 0.4) is 0 Å². The number of hydrogen-bond acceptors (Lipinski definition) is 3. The average Bonchev–Trinajstić information content (AvgIpc) is 2.82. The molecule has 0 heterocycles. The molecule has 94 valence electrons. The summed E-state index contributed by atoms with van der Waals surface area (Å²) < 4.78 is 5.87. The summed E-state index contributed by atoms with van der Waals surface area (Å²) in [6.07, 6.45) is 4.72. The molecule has 3 nitrogen and oxygen atoms in total. The van der Waals surface area contributed by atoms with Crippen molar-refractivity contribution >= 4 is 0 Å². The maximum Gasteiger partial charge on any atom is 0.119 e. The molecule has 3 heteroatoms. The van der Waals surface area contributed by atoms with E-state index < -0.39 is 6.10 Å². The molecule has 1 fully saturated rings. The van der Waals surface area contributed by atoms with Crippen molar-refractivity contribution in [2.45, 2.75) is 50.9 Å². The second-order valence-corrected chi connectivity index (χ2v) is 4.86. The lowest BCUT2D eigenvalue weighted by Crippen LogP contribution is -2.23. The van der Waals surface area contributed by atoms with Crippen LogP contribution >= 0.6 is 0 Å². The molecule has 0 saturated heterocycles. The Morgan fingerprint density at radius 3 is 2.35 bits per heavy atom. The van der Waals surface area contributed by atoms with Crippen LogP contribution in [-0.4, -0.2) is 17.3 Å². The summed E-state index contributed by atoms with van der Waals surface area (Å²) in [6.45, 7) is 1.70. The van der Waals surface area contributed by atoms with Crippen LogP contribution in [0.15, 0.2) is 24.3 Å². The smallest absolute Gasteiger partial charge is 0.119 e. The van der Waals surface area contributed by atoms with Crippen LogP contribution in [0, 0.1) is 0 Å². The summed E-state index contributed by atoms with van der Waals surface area (Å²) in [7, 11) is 0. The van der Waals surface area contributed by atoms with Crippen LogP contribution in [0.4, 0.5) is 0 Å². The highest BCUT2D eigenvalue weighted by Crippen LogP contribution is 2.25. The number of ether oxygens (including phenoxy) is 1. The molecule has 0 unspecified atom stereocenters. The van der Waals surface area contributed by atoms with E-state index in [4.69, 9.17) is 10.5 Å². The monoisotopic (exact) mass is 235 g/mol. The second kappa shape index (κ2) is 5.52. The number of rotatable bonds is 4. The highest BCUT2D eigenvalue weighted by molar-refractivity contribution is 5.29. The van der Waals surface area contributed by atoms with Gasteiger partial charge in [-0.1, -0.05) is 12.1 Å². The lowest BCUT2D eigenvalue weighted by atomic mass is 10.0. The highest BCUT2D eigenvalue weighted by atomic mass is 16.5. The zero-order chi connectivity index (χ0) is 12.3. The molecule has 2 atom stereocenters. The third kappa shape index (κ3) is 3.20. The summed E-state index contributed by atoms with van der Waals surface area (Å²) in [6, 6.07) is 7.42. The number of benzene rings is 1. The average molecular weight is 235 g/mol. The quantitative estimate of drug-likeness (QED) is 0.842. The van der Waals surface area contributed by atoms with Crippen LogP contribution in [0.1, 0.15) is 44.2 Å². The number of aliphatic hydroxyl groups is 1. The van der Waals surface area contributed by atoms with Crippen molar-refractivity contribution in [2.24, 2.45) is 5.73 Å². The maximum atomic E-state index is 9.42. The zero-order valence-corrected chi connectivity index (χ0v) is 10.3. The number of hydrogen-bond donors (Lipinski definition) is 2.